The third-order valence-corrected chi connectivity index (χ3v) is 22.1. The van der Waals surface area contributed by atoms with E-state index in [1.54, 1.807) is 68.9 Å². The number of aldehydes is 1. The monoisotopic (exact) mass is 1910 g/mol. The number of thioether (sulfide) groups is 1. The van der Waals surface area contributed by atoms with Crippen LogP contribution in [0.15, 0.2) is 176 Å². The summed E-state index contributed by atoms with van der Waals surface area (Å²) in [6.07, 6.45) is 9.46. The van der Waals surface area contributed by atoms with Crippen molar-refractivity contribution in [3.05, 3.63) is 279 Å². The number of alkyl halides is 10. The lowest BCUT2D eigenvalue weighted by Crippen LogP contribution is -2.57. The van der Waals surface area contributed by atoms with Crippen LogP contribution in [0.1, 0.15) is 126 Å². The van der Waals surface area contributed by atoms with Crippen LogP contribution in [0.4, 0.5) is 89.4 Å². The van der Waals surface area contributed by atoms with Crippen LogP contribution in [-0.4, -0.2) is 140 Å². The number of nitrogens with one attached hydrogen (secondary N) is 9. The minimum absolute atomic E-state index is 0. The SMILES string of the molecule is CC(F)(F)C1(C#N)c2cc(Cl)ccc2Nc2c1cc[nH]c2=O.CC(F)(F)C1(C=O)c2cc(Cl)ccc2Nc2c1cc[nH]c2=O.CC(F)(F)c1c2cc(Cl)ccc2nc2c(=O)[nH]ccc12.CCOC(OCC)C1(C(C)(F)F)c2cc(Cl)ccc2Nc2c1cc[nH]c2=O.CCOC(OCC)OCC.CCOCC1(C(C)(F)F)c2cc(Cl)ccc2Nc2c1cc[nH]c2=O.CSC.[B]. The van der Waals surface area contributed by atoms with Gasteiger partial charge in [0.25, 0.3) is 63.9 Å². The lowest BCUT2D eigenvalue weighted by molar-refractivity contribution is -0.282. The zero-order valence-corrected chi connectivity index (χ0v) is 76.2. The molecule has 5 aromatic carbocycles. The number of fused-ring (bicyclic) bond motifs is 10. The number of carbonyl (C=O) groups excluding carboxylic acids is 1. The largest absolute Gasteiger partial charge is 0.380 e. The fourth-order valence-corrected chi connectivity index (χ4v) is 16.4. The van der Waals surface area contributed by atoms with E-state index in [1.807, 2.05) is 33.3 Å². The second kappa shape index (κ2) is 42.8. The summed E-state index contributed by atoms with van der Waals surface area (Å²) in [7, 11) is 0. The highest BCUT2D eigenvalue weighted by Crippen LogP contribution is 2.59. The maximum absolute atomic E-state index is 15.4. The maximum Gasteiger partial charge on any atom is 0.274 e. The number of H-pyrrole nitrogens is 5. The van der Waals surface area contributed by atoms with Crippen LogP contribution in [0, 0.1) is 11.3 Å². The van der Waals surface area contributed by atoms with Crippen LogP contribution < -0.4 is 49.1 Å². The quantitative estimate of drug-likeness (QED) is 0.0113. The molecule has 40 heteroatoms. The molecule has 0 saturated carbocycles. The van der Waals surface area contributed by atoms with Crippen molar-refractivity contribution in [2.75, 3.05) is 80.0 Å². The highest BCUT2D eigenvalue weighted by atomic mass is 35.5. The predicted molar refractivity (Wildman–Crippen MR) is 486 cm³/mol. The van der Waals surface area contributed by atoms with Crippen molar-refractivity contribution in [3.63, 3.8) is 0 Å². The van der Waals surface area contributed by atoms with Gasteiger partial charge in [-0.2, -0.15) is 17.0 Å². The number of aromatic nitrogens is 6. The van der Waals surface area contributed by atoms with Gasteiger partial charge in [-0.15, -0.1) is 0 Å². The fourth-order valence-electron chi connectivity index (χ4n) is 15.5. The first-order valence-electron chi connectivity index (χ1n) is 39.4. The summed E-state index contributed by atoms with van der Waals surface area (Å²) in [6, 6.07) is 31.1. The molecule has 0 amide bonds. The van der Waals surface area contributed by atoms with Gasteiger partial charge in [0.1, 0.15) is 50.8 Å². The van der Waals surface area contributed by atoms with Gasteiger partial charge in [-0.1, -0.05) is 58.0 Å². The number of ether oxygens (including phenoxy) is 6. The molecule has 4 atom stereocenters. The molecule has 0 spiro atoms. The highest BCUT2D eigenvalue weighted by Gasteiger charge is 2.64. The van der Waals surface area contributed by atoms with Crippen LogP contribution >= 0.6 is 69.8 Å². The van der Waals surface area contributed by atoms with Gasteiger partial charge < -0.3 is 79.4 Å². The van der Waals surface area contributed by atoms with E-state index in [9.17, 15) is 69.2 Å². The van der Waals surface area contributed by atoms with Gasteiger partial charge >= 0.3 is 0 Å². The van der Waals surface area contributed by atoms with Crippen LogP contribution in [0.5, 0.6) is 0 Å². The third-order valence-electron chi connectivity index (χ3n) is 20.9. The zero-order valence-electron chi connectivity index (χ0n) is 71.6. The van der Waals surface area contributed by atoms with Crippen LogP contribution in [0.2, 0.25) is 25.1 Å². The molecular formula is C89H90BCl5F10N11O12S. The smallest absolute Gasteiger partial charge is 0.274 e. The number of rotatable bonds is 20. The topological polar surface area (TPSA) is 322 Å². The first kappa shape index (κ1) is 104. The van der Waals surface area contributed by atoms with Crippen LogP contribution in [0.25, 0.3) is 21.8 Å². The van der Waals surface area contributed by atoms with Crippen molar-refractivity contribution in [1.82, 2.24) is 29.9 Å². The van der Waals surface area contributed by atoms with Crippen molar-refractivity contribution in [3.8, 4) is 6.07 Å². The Labute approximate surface area is 764 Å². The third kappa shape index (κ3) is 20.9. The summed E-state index contributed by atoms with van der Waals surface area (Å²) < 4.78 is 179. The highest BCUT2D eigenvalue weighted by molar-refractivity contribution is 7.97. The number of halogens is 15. The number of nitriles is 1. The van der Waals surface area contributed by atoms with Crippen molar-refractivity contribution in [2.45, 2.75) is 140 Å². The van der Waals surface area contributed by atoms with Gasteiger partial charge in [0.15, 0.2) is 11.7 Å². The summed E-state index contributed by atoms with van der Waals surface area (Å²) in [6.45, 7) is 16.3. The van der Waals surface area contributed by atoms with E-state index in [4.69, 9.17) is 86.4 Å². The average molecular weight is 1920 g/mol. The Kier molecular flexibility index (Phi) is 34.6. The van der Waals surface area contributed by atoms with Crippen molar-refractivity contribution in [1.29, 1.82) is 5.26 Å². The molecule has 0 saturated heterocycles. The Bertz CT molecular complexity index is 6190. The summed E-state index contributed by atoms with van der Waals surface area (Å²) >= 11 is 31.7. The van der Waals surface area contributed by atoms with Crippen LogP contribution in [0.3, 0.4) is 0 Å². The Morgan fingerprint density at radius 3 is 1.23 bits per heavy atom. The molecule has 23 nitrogen and oxygen atoms in total. The minimum atomic E-state index is -3.43. The molecule has 6 aromatic heterocycles. The second-order valence-electron chi connectivity index (χ2n) is 29.2. The summed E-state index contributed by atoms with van der Waals surface area (Å²) in [5.74, 6) is -16.5. The molecule has 15 rings (SSSR count). The molecule has 4 aliphatic heterocycles. The number of hydrogen-bond donors (Lipinski definition) is 9. The van der Waals surface area contributed by atoms with Gasteiger partial charge in [0, 0.05) is 211 Å². The van der Waals surface area contributed by atoms with E-state index in [2.05, 4.69) is 51.2 Å². The van der Waals surface area contributed by atoms with Crippen molar-refractivity contribution < 1.29 is 77.1 Å². The summed E-state index contributed by atoms with van der Waals surface area (Å²) in [5, 5.41) is 23.0. The van der Waals surface area contributed by atoms with Crippen molar-refractivity contribution in [2.24, 2.45) is 0 Å². The van der Waals surface area contributed by atoms with Gasteiger partial charge in [-0.25, -0.2) is 48.9 Å². The first-order chi connectivity index (χ1) is 60.3. The molecule has 4 unspecified atom stereocenters. The van der Waals surface area contributed by atoms with Gasteiger partial charge in [-0.05, 0) is 187 Å². The summed E-state index contributed by atoms with van der Waals surface area (Å²) in [4.78, 5) is 88.6. The Hall–Kier alpha value is -10.2. The molecule has 0 bridgehead atoms. The molecule has 687 valence electrons. The van der Waals surface area contributed by atoms with Gasteiger partial charge in [0.05, 0.1) is 18.2 Å². The number of nitrogens with zero attached hydrogens (tertiary/aromatic N) is 2. The lowest BCUT2D eigenvalue weighted by atomic mass is 9.66. The molecule has 9 N–H and O–H groups in total. The van der Waals surface area contributed by atoms with Crippen LogP contribution in [-0.2, 0) is 60.8 Å². The molecule has 10 heterocycles. The first-order valence-corrected chi connectivity index (χ1v) is 43.0. The average Bonchev–Trinajstić information content (AvgIpc) is 0.708. The number of benzene rings is 5. The Balaban J connectivity index is 0.000000192. The molecule has 0 fully saturated rings. The lowest BCUT2D eigenvalue weighted by Gasteiger charge is -2.47. The van der Waals surface area contributed by atoms with Crippen molar-refractivity contribution >= 4 is 152 Å². The molecule has 129 heavy (non-hydrogen) atoms. The zero-order chi connectivity index (χ0) is 94.6. The van der Waals surface area contributed by atoms with Gasteiger partial charge in [-0.3, -0.25) is 24.0 Å². The molecular weight excluding hydrogens is 1830 g/mol. The standard InChI is InChI=1S/C19H21ClF2N2O3.C17H17ClF2N2O2.C15H10ClF2N3O.C15H11ClF2N2O2.C14H9ClF2N2O.C7H16O3.C2H6S.B/c1-4-26-17(27-5-2)19(18(3,21)22)12-8-9-23-16(25)15(12)24-14-7-6-11(20)10-13(14)19;1-3-24-9-17(16(2,19)20)11-6-7-21-15(23)14(11)22-13-5-4-10(18)8-12(13)17;1-14(17,18)15(7-19)9-4-5-20-13(22)12(9)21-11-3-2-8(16)6-10(11)15;1-14(17,18)15(7-21)9-4-5-19-13(22)12(9)20-11-3-2-8(16)6-10(11)15;1-14(16,17)11-8-4-5-18-13(20)12(8)19-10-3-2-7(15)6-9(10)11;1-4-8-7(9-5-2)10-6-3;1-3-2;/h6-10,17,24H,4-5H2,1-3H3,(H,23,25);4-8,22H,3,9H2,1-2H3,(H,21,23);2-6,21H,1H3,(H,20,22);2-7,20H,1H3,(H,19,22);2-6H,1H3,(H,18,20);7H,4-6H2,1-3H3;1-2H3;. The fraction of sp³-hybridized carbons (Fsp3) is 0.348. The van der Waals surface area contributed by atoms with E-state index in [0.29, 0.717) is 71.2 Å². The van der Waals surface area contributed by atoms with E-state index in [-0.39, 0.29) is 146 Å². The number of hydrogen-bond acceptors (Lipinski definition) is 19. The molecule has 3 radical (unpaired) electrons. The number of anilines is 8. The molecule has 4 aliphatic rings. The number of pyridine rings is 6. The van der Waals surface area contributed by atoms with E-state index >= 15 is 8.78 Å². The van der Waals surface area contributed by atoms with E-state index < -0.39 is 91.8 Å². The Morgan fingerprint density at radius 2 is 0.806 bits per heavy atom. The normalized spacial score (nSPS) is 17.1. The van der Waals surface area contributed by atoms with Gasteiger partial charge in [0.2, 0.25) is 0 Å². The Morgan fingerprint density at radius 1 is 0.434 bits per heavy atom. The predicted octanol–water partition coefficient (Wildman–Crippen LogP) is 21.1. The summed E-state index contributed by atoms with van der Waals surface area (Å²) in [5.41, 5.74) is -8.87. The number of carbonyl (C=O) groups is 1. The maximum atomic E-state index is 15.4. The molecule has 11 aromatic rings. The van der Waals surface area contributed by atoms with E-state index in [1.165, 1.54) is 122 Å². The second-order valence-corrected chi connectivity index (χ2v) is 32.2. The molecule has 0 aliphatic carbocycles. The number of aromatic amines is 5. The van der Waals surface area contributed by atoms with E-state index in [0.717, 1.165) is 20.8 Å². The minimum Gasteiger partial charge on any atom is -0.380 e.